The van der Waals surface area contributed by atoms with Crippen LogP contribution in [-0.4, -0.2) is 33.8 Å². The molecule has 29 heavy (non-hydrogen) atoms. The van der Waals surface area contributed by atoms with E-state index in [0.29, 0.717) is 11.0 Å². The number of anilines is 1. The molecule has 6 nitrogen and oxygen atoms in total. The van der Waals surface area contributed by atoms with E-state index >= 15 is 0 Å². The Kier molecular flexibility index (Phi) is 6.10. The highest BCUT2D eigenvalue weighted by molar-refractivity contribution is 6.02. The molecule has 1 aliphatic rings. The first-order valence-electron chi connectivity index (χ1n) is 10.4. The maximum Gasteiger partial charge on any atom is 0.259 e. The van der Waals surface area contributed by atoms with Gasteiger partial charge in [-0.15, -0.1) is 0 Å². The van der Waals surface area contributed by atoms with Crippen molar-refractivity contribution in [2.45, 2.75) is 53.9 Å². The fourth-order valence-electron chi connectivity index (χ4n) is 3.90. The van der Waals surface area contributed by atoms with Crippen molar-refractivity contribution in [1.29, 1.82) is 0 Å². The number of carbonyl (C=O) groups excluding carboxylic acids is 1. The molecule has 0 saturated carbocycles. The Labute approximate surface area is 174 Å². The summed E-state index contributed by atoms with van der Waals surface area (Å²) in [6.45, 7) is 12.3. The minimum Gasteiger partial charge on any atom is -0.356 e. The number of hydrogen-bond donors (Lipinski definition) is 1. The standard InChI is InChI=1S/C23H33N5O/c1-7-16(2)26-22(29)20-17(3)19(18-13-25-27(6)15-18)14-24-21(20)28-11-8-9-23(4,5)10-12-28/h7,13-15H,8-12H2,1-6H3,(H,26,29)/b16-7+. The normalized spacial score (nSPS) is 17.2. The molecule has 0 radical (unpaired) electrons. The summed E-state index contributed by atoms with van der Waals surface area (Å²) in [6.07, 6.45) is 10.9. The van der Waals surface area contributed by atoms with Crippen LogP contribution in [0.4, 0.5) is 5.82 Å². The van der Waals surface area contributed by atoms with Gasteiger partial charge in [-0.05, 0) is 51.0 Å². The van der Waals surface area contributed by atoms with E-state index in [-0.39, 0.29) is 5.91 Å². The van der Waals surface area contributed by atoms with Crippen molar-refractivity contribution in [2.75, 3.05) is 18.0 Å². The van der Waals surface area contributed by atoms with Crippen molar-refractivity contribution < 1.29 is 4.79 Å². The van der Waals surface area contributed by atoms with E-state index < -0.39 is 0 Å². The molecule has 6 heteroatoms. The smallest absolute Gasteiger partial charge is 0.259 e. The quantitative estimate of drug-likeness (QED) is 0.830. The van der Waals surface area contributed by atoms with Gasteiger partial charge in [0.25, 0.3) is 5.91 Å². The van der Waals surface area contributed by atoms with Gasteiger partial charge in [0.15, 0.2) is 0 Å². The molecule has 3 heterocycles. The zero-order chi connectivity index (χ0) is 21.2. The highest BCUT2D eigenvalue weighted by atomic mass is 16.1. The molecular formula is C23H33N5O. The topological polar surface area (TPSA) is 63.1 Å². The zero-order valence-corrected chi connectivity index (χ0v) is 18.5. The van der Waals surface area contributed by atoms with Gasteiger partial charge in [0.1, 0.15) is 5.82 Å². The lowest BCUT2D eigenvalue weighted by Gasteiger charge is -2.27. The largest absolute Gasteiger partial charge is 0.356 e. The number of nitrogens with zero attached hydrogens (tertiary/aromatic N) is 4. The van der Waals surface area contributed by atoms with E-state index in [0.717, 1.165) is 54.1 Å². The molecule has 0 spiro atoms. The first-order chi connectivity index (χ1) is 13.7. The van der Waals surface area contributed by atoms with Gasteiger partial charge in [0.05, 0.1) is 11.8 Å². The van der Waals surface area contributed by atoms with E-state index in [1.165, 1.54) is 6.42 Å². The van der Waals surface area contributed by atoms with Crippen molar-refractivity contribution in [3.05, 3.63) is 41.5 Å². The van der Waals surface area contributed by atoms with Crippen LogP contribution >= 0.6 is 0 Å². The molecule has 0 atom stereocenters. The molecule has 0 bridgehead atoms. The van der Waals surface area contributed by atoms with Gasteiger partial charge in [-0.2, -0.15) is 5.10 Å². The SMILES string of the molecule is C/C=C(\C)NC(=O)c1c(N2CCCC(C)(C)CC2)ncc(-c2cnn(C)c2)c1C. The van der Waals surface area contributed by atoms with E-state index in [4.69, 9.17) is 4.98 Å². The highest BCUT2D eigenvalue weighted by Gasteiger charge is 2.28. The number of amides is 1. The van der Waals surface area contributed by atoms with Crippen LogP contribution in [-0.2, 0) is 7.05 Å². The van der Waals surface area contributed by atoms with Crippen molar-refractivity contribution in [3.63, 3.8) is 0 Å². The molecule has 1 N–H and O–H groups in total. The second kappa shape index (κ2) is 8.39. The molecular weight excluding hydrogens is 362 g/mol. The molecule has 1 amide bonds. The van der Waals surface area contributed by atoms with Gasteiger partial charge in [-0.1, -0.05) is 19.9 Å². The Hall–Kier alpha value is -2.63. The molecule has 2 aromatic heterocycles. The minimum atomic E-state index is -0.102. The summed E-state index contributed by atoms with van der Waals surface area (Å²) in [5, 5.41) is 7.30. The molecule has 156 valence electrons. The molecule has 0 aromatic carbocycles. The van der Waals surface area contributed by atoms with E-state index in [1.54, 1.807) is 4.68 Å². The molecule has 2 aromatic rings. The molecule has 0 aliphatic carbocycles. The van der Waals surface area contributed by atoms with E-state index in [9.17, 15) is 4.79 Å². The second-order valence-corrected chi connectivity index (χ2v) is 8.83. The molecule has 1 saturated heterocycles. The fourth-order valence-corrected chi connectivity index (χ4v) is 3.90. The molecule has 3 rings (SSSR count). The Balaban J connectivity index is 2.07. The average Bonchev–Trinajstić information content (AvgIpc) is 3.00. The maximum atomic E-state index is 13.3. The first kappa shape index (κ1) is 21.1. The number of carbonyl (C=O) groups is 1. The summed E-state index contributed by atoms with van der Waals surface area (Å²) in [5.74, 6) is 0.684. The van der Waals surface area contributed by atoms with Gasteiger partial charge < -0.3 is 10.2 Å². The lowest BCUT2D eigenvalue weighted by molar-refractivity contribution is 0.0965. The Morgan fingerprint density at radius 3 is 2.66 bits per heavy atom. The van der Waals surface area contributed by atoms with Crippen molar-refractivity contribution >= 4 is 11.7 Å². The van der Waals surface area contributed by atoms with Crippen LogP contribution in [0, 0.1) is 12.3 Å². The Bertz CT molecular complexity index is 925. The Morgan fingerprint density at radius 2 is 2.00 bits per heavy atom. The van der Waals surface area contributed by atoms with Crippen LogP contribution in [0.15, 0.2) is 30.4 Å². The summed E-state index contributed by atoms with van der Waals surface area (Å²) in [6, 6.07) is 0. The predicted molar refractivity (Wildman–Crippen MR) is 118 cm³/mol. The molecule has 1 fully saturated rings. The van der Waals surface area contributed by atoms with E-state index in [1.807, 2.05) is 52.5 Å². The summed E-state index contributed by atoms with van der Waals surface area (Å²) in [5.41, 5.74) is 4.67. The van der Waals surface area contributed by atoms with Crippen molar-refractivity contribution in [1.82, 2.24) is 20.1 Å². The van der Waals surface area contributed by atoms with Gasteiger partial charge in [-0.25, -0.2) is 4.98 Å². The number of hydrogen-bond acceptors (Lipinski definition) is 4. The average molecular weight is 396 g/mol. The van der Waals surface area contributed by atoms with Crippen LogP contribution in [0.3, 0.4) is 0 Å². The first-order valence-corrected chi connectivity index (χ1v) is 10.4. The van der Waals surface area contributed by atoms with Gasteiger partial charge in [0, 0.05) is 49.4 Å². The lowest BCUT2D eigenvalue weighted by Crippen LogP contribution is -2.31. The van der Waals surface area contributed by atoms with Crippen molar-refractivity contribution in [3.8, 4) is 11.1 Å². The van der Waals surface area contributed by atoms with E-state index in [2.05, 4.69) is 29.2 Å². The van der Waals surface area contributed by atoms with Crippen LogP contribution in [0.25, 0.3) is 11.1 Å². The lowest BCUT2D eigenvalue weighted by atomic mass is 9.85. The molecule has 1 aliphatic heterocycles. The minimum absolute atomic E-state index is 0.102. The van der Waals surface area contributed by atoms with Crippen LogP contribution in [0.2, 0.25) is 0 Å². The summed E-state index contributed by atoms with van der Waals surface area (Å²) in [4.78, 5) is 20.3. The van der Waals surface area contributed by atoms with Gasteiger partial charge >= 0.3 is 0 Å². The van der Waals surface area contributed by atoms with Crippen LogP contribution in [0.1, 0.15) is 62.9 Å². The third-order valence-electron chi connectivity index (χ3n) is 5.94. The second-order valence-electron chi connectivity index (χ2n) is 8.83. The number of pyridine rings is 1. The zero-order valence-electron chi connectivity index (χ0n) is 18.5. The monoisotopic (exact) mass is 395 g/mol. The third-order valence-corrected chi connectivity index (χ3v) is 5.94. The number of aryl methyl sites for hydroxylation is 1. The van der Waals surface area contributed by atoms with Gasteiger partial charge in [-0.3, -0.25) is 9.48 Å². The third kappa shape index (κ3) is 4.69. The fraction of sp³-hybridized carbons (Fsp3) is 0.522. The van der Waals surface area contributed by atoms with Crippen LogP contribution in [0.5, 0.6) is 0 Å². The van der Waals surface area contributed by atoms with Crippen molar-refractivity contribution in [2.24, 2.45) is 12.5 Å². The number of nitrogens with one attached hydrogen (secondary N) is 1. The molecule has 0 unspecified atom stereocenters. The summed E-state index contributed by atoms with van der Waals surface area (Å²) >= 11 is 0. The number of aromatic nitrogens is 3. The van der Waals surface area contributed by atoms with Crippen LogP contribution < -0.4 is 10.2 Å². The van der Waals surface area contributed by atoms with Gasteiger partial charge in [0.2, 0.25) is 0 Å². The highest BCUT2D eigenvalue weighted by Crippen LogP contribution is 2.35. The number of allylic oxidation sites excluding steroid dienone is 2. The number of rotatable bonds is 4. The Morgan fingerprint density at radius 1 is 1.24 bits per heavy atom. The summed E-state index contributed by atoms with van der Waals surface area (Å²) in [7, 11) is 1.89. The predicted octanol–water partition coefficient (Wildman–Crippen LogP) is 4.46. The maximum absolute atomic E-state index is 13.3. The summed E-state index contributed by atoms with van der Waals surface area (Å²) < 4.78 is 1.77.